The number of halogens is 3. The maximum atomic E-state index is 12.6. The average Bonchev–Trinajstić information content (AvgIpc) is 2.81. The third-order valence-electron chi connectivity index (χ3n) is 5.55. The highest BCUT2D eigenvalue weighted by atomic mass is 19.4. The number of fused-ring (bicyclic) bond motifs is 1. The van der Waals surface area contributed by atoms with Gasteiger partial charge in [-0.2, -0.15) is 13.2 Å². The molecule has 0 radical (unpaired) electrons. The Bertz CT molecular complexity index is 963. The lowest BCUT2D eigenvalue weighted by atomic mass is 9.96. The van der Waals surface area contributed by atoms with E-state index in [1.165, 1.54) is 16.7 Å². The Labute approximate surface area is 189 Å². The number of hydrogen-bond acceptors (Lipinski definition) is 4. The van der Waals surface area contributed by atoms with Gasteiger partial charge in [-0.3, -0.25) is 9.80 Å². The van der Waals surface area contributed by atoms with E-state index in [-0.39, 0.29) is 12.1 Å². The van der Waals surface area contributed by atoms with Crippen LogP contribution in [0, 0.1) is 0 Å². The molecule has 0 aliphatic carbocycles. The number of amides is 2. The molecule has 1 unspecified atom stereocenters. The van der Waals surface area contributed by atoms with Crippen molar-refractivity contribution in [2.75, 3.05) is 37.7 Å². The number of carbonyl (C=O) groups is 2. The summed E-state index contributed by atoms with van der Waals surface area (Å²) in [6, 6.07) is 16.9. The quantitative estimate of drug-likeness (QED) is 0.719. The minimum Gasteiger partial charge on any atom is -0.475 e. The Hall–Kier alpha value is -3.11. The third-order valence-corrected chi connectivity index (χ3v) is 5.55. The number of aliphatic carboxylic acids is 1. The summed E-state index contributed by atoms with van der Waals surface area (Å²) in [5, 5.41) is 10.2. The summed E-state index contributed by atoms with van der Waals surface area (Å²) in [5.74, 6) is -2.76. The van der Waals surface area contributed by atoms with Crippen LogP contribution < -0.4 is 10.2 Å². The van der Waals surface area contributed by atoms with Gasteiger partial charge in [0.05, 0.1) is 18.9 Å². The second kappa shape index (κ2) is 10.7. The van der Waals surface area contributed by atoms with Crippen molar-refractivity contribution in [1.29, 1.82) is 0 Å². The van der Waals surface area contributed by atoms with Crippen LogP contribution >= 0.6 is 0 Å². The molecule has 0 saturated carbocycles. The molecule has 1 saturated heterocycles. The van der Waals surface area contributed by atoms with Crippen molar-refractivity contribution in [2.24, 2.45) is 0 Å². The molecule has 7 nitrogen and oxygen atoms in total. The first-order chi connectivity index (χ1) is 15.7. The lowest BCUT2D eigenvalue weighted by molar-refractivity contribution is -0.192. The molecule has 1 fully saturated rings. The first kappa shape index (κ1) is 24.5. The molecule has 178 valence electrons. The van der Waals surface area contributed by atoms with Gasteiger partial charge in [-0.05, 0) is 24.1 Å². The van der Waals surface area contributed by atoms with Gasteiger partial charge in [0.25, 0.3) is 0 Å². The third kappa shape index (κ3) is 6.23. The number of nitrogens with one attached hydrogen (secondary N) is 1. The summed E-state index contributed by atoms with van der Waals surface area (Å²) < 4.78 is 37.2. The summed E-state index contributed by atoms with van der Waals surface area (Å²) in [7, 11) is 0. The number of carboxylic acids is 1. The van der Waals surface area contributed by atoms with Gasteiger partial charge in [0, 0.05) is 37.8 Å². The molecule has 0 bridgehead atoms. The van der Waals surface area contributed by atoms with Gasteiger partial charge >= 0.3 is 18.2 Å². The van der Waals surface area contributed by atoms with Gasteiger partial charge in [0.1, 0.15) is 0 Å². The monoisotopic (exact) mass is 465 g/mol. The van der Waals surface area contributed by atoms with E-state index in [0.717, 1.165) is 32.0 Å². The summed E-state index contributed by atoms with van der Waals surface area (Å²) in [4.78, 5) is 25.8. The minimum absolute atomic E-state index is 0.0113. The van der Waals surface area contributed by atoms with Crippen molar-refractivity contribution < 1.29 is 32.6 Å². The zero-order valence-corrected chi connectivity index (χ0v) is 18.1. The first-order valence-corrected chi connectivity index (χ1v) is 10.5. The van der Waals surface area contributed by atoms with E-state index < -0.39 is 12.1 Å². The Balaban J connectivity index is 0.000000383. The number of anilines is 1. The van der Waals surface area contributed by atoms with Crippen LogP contribution in [0.2, 0.25) is 0 Å². The lowest BCUT2D eigenvalue weighted by Gasteiger charge is -2.38. The summed E-state index contributed by atoms with van der Waals surface area (Å²) in [5.41, 5.74) is 4.58. The van der Waals surface area contributed by atoms with Crippen molar-refractivity contribution in [3.05, 3.63) is 54.1 Å². The van der Waals surface area contributed by atoms with E-state index >= 15 is 0 Å². The van der Waals surface area contributed by atoms with E-state index in [1.54, 1.807) is 0 Å². The molecule has 2 aromatic carbocycles. The molecule has 10 heteroatoms. The maximum absolute atomic E-state index is 12.6. The number of carboxylic acid groups (broad SMARTS) is 1. The Morgan fingerprint density at radius 2 is 1.76 bits per heavy atom. The fraction of sp³-hybridized carbons (Fsp3) is 0.391. The number of benzene rings is 2. The highest BCUT2D eigenvalue weighted by Gasteiger charge is 2.38. The van der Waals surface area contributed by atoms with Gasteiger partial charge in [0.15, 0.2) is 0 Å². The number of morpholine rings is 1. The Morgan fingerprint density at radius 1 is 1.12 bits per heavy atom. The second-order valence-electron chi connectivity index (χ2n) is 7.74. The standard InChI is InChI=1S/C21H25N3O2.C2HF3O2/c1-16(23-10-12-26-13-11-23)15-24-20-9-5-8-18(17-6-3-2-4-7-17)19(20)14-22-21(24)25;3-2(4,5)1(6)7/h2-9,16H,10-15H2,1H3,(H,22,25);(H,6,7). The van der Waals surface area contributed by atoms with Crippen molar-refractivity contribution in [2.45, 2.75) is 25.7 Å². The molecule has 0 aromatic heterocycles. The summed E-state index contributed by atoms with van der Waals surface area (Å²) >= 11 is 0. The van der Waals surface area contributed by atoms with Gasteiger partial charge in [-0.1, -0.05) is 42.5 Å². The molecule has 0 spiro atoms. The predicted octanol–water partition coefficient (Wildman–Crippen LogP) is 3.74. The van der Waals surface area contributed by atoms with Gasteiger partial charge < -0.3 is 15.2 Å². The molecule has 2 heterocycles. The van der Waals surface area contributed by atoms with Crippen molar-refractivity contribution in [3.8, 4) is 11.1 Å². The van der Waals surface area contributed by atoms with Crippen LogP contribution in [-0.2, 0) is 16.1 Å². The highest BCUT2D eigenvalue weighted by Crippen LogP contribution is 2.34. The van der Waals surface area contributed by atoms with Crippen molar-refractivity contribution in [1.82, 2.24) is 10.2 Å². The fourth-order valence-electron chi connectivity index (χ4n) is 3.85. The SMILES string of the molecule is CC(CN1C(=O)NCc2c(-c3ccccc3)cccc21)N1CCOCC1.O=C(O)C(F)(F)F. The zero-order chi connectivity index (χ0) is 24.0. The summed E-state index contributed by atoms with van der Waals surface area (Å²) in [6.45, 7) is 6.82. The van der Waals surface area contributed by atoms with Gasteiger partial charge in [-0.25, -0.2) is 9.59 Å². The second-order valence-corrected chi connectivity index (χ2v) is 7.74. The van der Waals surface area contributed by atoms with Crippen molar-refractivity contribution in [3.63, 3.8) is 0 Å². The van der Waals surface area contributed by atoms with Gasteiger partial charge in [-0.15, -0.1) is 0 Å². The largest absolute Gasteiger partial charge is 0.490 e. The molecular formula is C23H26F3N3O4. The molecule has 2 amide bonds. The zero-order valence-electron chi connectivity index (χ0n) is 18.1. The number of ether oxygens (including phenoxy) is 1. The molecule has 33 heavy (non-hydrogen) atoms. The Kier molecular flexibility index (Phi) is 7.93. The first-order valence-electron chi connectivity index (χ1n) is 10.5. The number of urea groups is 1. The number of nitrogens with zero attached hydrogens (tertiary/aromatic N) is 2. The van der Waals surface area contributed by atoms with Crippen LogP contribution in [0.4, 0.5) is 23.7 Å². The number of hydrogen-bond donors (Lipinski definition) is 2. The van der Waals surface area contributed by atoms with Gasteiger partial charge in [0.2, 0.25) is 0 Å². The van der Waals surface area contributed by atoms with Crippen LogP contribution in [0.5, 0.6) is 0 Å². The number of alkyl halides is 3. The van der Waals surface area contributed by atoms with Crippen LogP contribution in [0.1, 0.15) is 12.5 Å². The molecular weight excluding hydrogens is 439 g/mol. The van der Waals surface area contributed by atoms with E-state index in [9.17, 15) is 18.0 Å². The summed E-state index contributed by atoms with van der Waals surface area (Å²) in [6.07, 6.45) is -5.08. The van der Waals surface area contributed by atoms with E-state index in [4.69, 9.17) is 14.6 Å². The number of carbonyl (C=O) groups excluding carboxylic acids is 1. The highest BCUT2D eigenvalue weighted by molar-refractivity contribution is 5.96. The molecule has 4 rings (SSSR count). The topological polar surface area (TPSA) is 82.1 Å². The van der Waals surface area contributed by atoms with Crippen LogP contribution in [0.15, 0.2) is 48.5 Å². The molecule has 1 atom stereocenters. The van der Waals surface area contributed by atoms with E-state index in [2.05, 4.69) is 53.5 Å². The van der Waals surface area contributed by atoms with Crippen molar-refractivity contribution >= 4 is 17.7 Å². The number of rotatable bonds is 4. The van der Waals surface area contributed by atoms with E-state index in [1.807, 2.05) is 17.0 Å². The van der Waals surface area contributed by atoms with Crippen LogP contribution in [-0.4, -0.2) is 67.1 Å². The van der Waals surface area contributed by atoms with Crippen LogP contribution in [0.3, 0.4) is 0 Å². The normalized spacial score (nSPS) is 17.3. The smallest absolute Gasteiger partial charge is 0.475 e. The Morgan fingerprint density at radius 3 is 2.36 bits per heavy atom. The van der Waals surface area contributed by atoms with E-state index in [0.29, 0.717) is 13.1 Å². The van der Waals surface area contributed by atoms with Crippen LogP contribution in [0.25, 0.3) is 11.1 Å². The lowest BCUT2D eigenvalue weighted by Crippen LogP contribution is -2.52. The average molecular weight is 465 g/mol. The molecule has 2 N–H and O–H groups in total. The maximum Gasteiger partial charge on any atom is 0.490 e. The molecule has 2 aliphatic rings. The molecule has 2 aliphatic heterocycles. The molecule has 2 aromatic rings. The predicted molar refractivity (Wildman–Crippen MR) is 117 cm³/mol. The fourth-order valence-corrected chi connectivity index (χ4v) is 3.85. The minimum atomic E-state index is -5.08.